The molecule has 0 aromatic carbocycles. The lowest BCUT2D eigenvalue weighted by Crippen LogP contribution is -2.29. The number of esters is 2. The summed E-state index contributed by atoms with van der Waals surface area (Å²) in [6.45, 7) is 2.29. The van der Waals surface area contributed by atoms with Gasteiger partial charge in [0.15, 0.2) is 6.10 Å². The lowest BCUT2D eigenvalue weighted by Gasteiger charge is -2.20. The van der Waals surface area contributed by atoms with Gasteiger partial charge in [-0.15, -0.1) is 0 Å². The first-order valence-corrected chi connectivity index (χ1v) is 25.4. The molecule has 61 heavy (non-hydrogen) atoms. The normalized spacial score (nSPS) is 14.4. The Kier molecular flexibility index (Phi) is 43.5. The minimum Gasteiger partial charge on any atom is -0.462 e. The number of carbonyl (C=O) groups is 2. The smallest absolute Gasteiger partial charge is 0.462 e. The number of ether oxygens (including phenoxy) is 2. The van der Waals surface area contributed by atoms with Crippen LogP contribution in [0.2, 0.25) is 0 Å². The number of aliphatic hydroxyl groups excluding tert-OH is 2. The summed E-state index contributed by atoms with van der Waals surface area (Å²) in [4.78, 5) is 35.1. The van der Waals surface area contributed by atoms with Gasteiger partial charge in [-0.1, -0.05) is 164 Å². The number of hydrogen-bond acceptors (Lipinski definition) is 9. The highest BCUT2D eigenvalue weighted by Crippen LogP contribution is 2.43. The molecular weight excluding hydrogens is 792 g/mol. The zero-order valence-corrected chi connectivity index (χ0v) is 39.3. The van der Waals surface area contributed by atoms with E-state index >= 15 is 0 Å². The van der Waals surface area contributed by atoms with Crippen LogP contribution in [0.1, 0.15) is 194 Å². The number of aliphatic hydroxyl groups is 2. The Bertz CT molecular complexity index is 1240. The molecule has 0 saturated heterocycles. The van der Waals surface area contributed by atoms with Crippen molar-refractivity contribution >= 4 is 19.8 Å². The predicted octanol–water partition coefficient (Wildman–Crippen LogP) is 13.2. The van der Waals surface area contributed by atoms with Gasteiger partial charge in [0.1, 0.15) is 12.7 Å². The minimum absolute atomic E-state index is 0.143. The first-order valence-electron chi connectivity index (χ1n) is 23.9. The summed E-state index contributed by atoms with van der Waals surface area (Å²) in [6.07, 6.45) is 52.9. The van der Waals surface area contributed by atoms with Crippen LogP contribution in [0.25, 0.3) is 0 Å². The third kappa shape index (κ3) is 45.3. The molecule has 0 amide bonds. The van der Waals surface area contributed by atoms with Gasteiger partial charge in [0.05, 0.1) is 19.8 Å². The van der Waals surface area contributed by atoms with Crippen LogP contribution in [-0.4, -0.2) is 65.7 Å². The molecule has 11 heteroatoms. The fourth-order valence-corrected chi connectivity index (χ4v) is 6.91. The Hall–Kier alpha value is -2.59. The number of rotatable bonds is 44. The molecule has 10 nitrogen and oxygen atoms in total. The highest BCUT2D eigenvalue weighted by Gasteiger charge is 2.27. The second kappa shape index (κ2) is 45.4. The molecule has 1 unspecified atom stereocenters. The summed E-state index contributed by atoms with van der Waals surface area (Å²) < 4.78 is 32.8. The first-order chi connectivity index (χ1) is 29.7. The summed E-state index contributed by atoms with van der Waals surface area (Å²) in [5, 5.41) is 18.4. The van der Waals surface area contributed by atoms with Crippen molar-refractivity contribution in [3.8, 4) is 0 Å². The van der Waals surface area contributed by atoms with E-state index < -0.39 is 51.8 Å². The largest absolute Gasteiger partial charge is 0.472 e. The second-order valence-electron chi connectivity index (χ2n) is 15.8. The quantitative estimate of drug-likeness (QED) is 0.0234. The fourth-order valence-electron chi connectivity index (χ4n) is 6.12. The first kappa shape index (κ1) is 58.4. The molecule has 0 saturated carbocycles. The summed E-state index contributed by atoms with van der Waals surface area (Å²) in [5.74, 6) is -0.968. The van der Waals surface area contributed by atoms with E-state index in [4.69, 9.17) is 23.6 Å². The lowest BCUT2D eigenvalue weighted by molar-refractivity contribution is -0.161. The van der Waals surface area contributed by atoms with E-state index in [1.165, 1.54) is 83.5 Å². The predicted molar refractivity (Wildman–Crippen MR) is 251 cm³/mol. The van der Waals surface area contributed by atoms with E-state index in [1.54, 1.807) is 0 Å². The molecule has 3 atom stereocenters. The molecule has 0 rings (SSSR count). The standard InChI is InChI=1S/C50H87O10P/c1-3-5-7-9-11-13-15-17-19-21-23-25-27-29-31-33-35-37-39-41-49(53)57-45-48(46-59-61(55,56)58-44-47(52)43-51)60-50(54)42-40-38-36-34-32-30-28-26-24-22-20-18-16-14-12-10-8-6-4-2/h11-14,17-20,24,26,30,32,47-48,51-52H,3-10,15-16,21-23,25,27-29,31,33-46H2,1-2H3,(H,55,56)/b13-11-,14-12-,19-17-,20-18-,26-24-,32-30-/t47-,48+/m0/s1. The van der Waals surface area contributed by atoms with Crippen molar-refractivity contribution in [2.24, 2.45) is 0 Å². The number of phosphoric ester groups is 1. The SMILES string of the molecule is CCCCC/C=C\C/C=C\C/C=C\C/C=C\CCCCCC(=O)O[C@H](COC(=O)CCCCCCCCCCC/C=C\C/C=C\CCCCC)COP(=O)(O)OC[C@@H](O)CO. The summed E-state index contributed by atoms with van der Waals surface area (Å²) >= 11 is 0. The van der Waals surface area contributed by atoms with E-state index in [0.717, 1.165) is 70.6 Å². The third-order valence-corrected chi connectivity index (χ3v) is 10.8. The van der Waals surface area contributed by atoms with Gasteiger partial charge in [-0.2, -0.15) is 0 Å². The van der Waals surface area contributed by atoms with Gasteiger partial charge in [0.25, 0.3) is 0 Å². The summed E-state index contributed by atoms with van der Waals surface area (Å²) in [7, 11) is -4.64. The Morgan fingerprint density at radius 3 is 1.30 bits per heavy atom. The molecule has 3 N–H and O–H groups in total. The maximum Gasteiger partial charge on any atom is 0.472 e. The third-order valence-electron chi connectivity index (χ3n) is 9.83. The number of carbonyl (C=O) groups excluding carboxylic acids is 2. The Labute approximate surface area is 371 Å². The molecule has 352 valence electrons. The van der Waals surface area contributed by atoms with Crippen LogP contribution in [0.5, 0.6) is 0 Å². The number of hydrogen-bond donors (Lipinski definition) is 3. The van der Waals surface area contributed by atoms with Crippen LogP contribution in [0.4, 0.5) is 0 Å². The topological polar surface area (TPSA) is 149 Å². The van der Waals surface area contributed by atoms with Crippen molar-refractivity contribution in [1.29, 1.82) is 0 Å². The van der Waals surface area contributed by atoms with Gasteiger partial charge in [-0.05, 0) is 89.9 Å². The van der Waals surface area contributed by atoms with Crippen LogP contribution >= 0.6 is 7.82 Å². The minimum atomic E-state index is -4.64. The van der Waals surface area contributed by atoms with Gasteiger partial charge in [0, 0.05) is 12.8 Å². The molecule has 0 aliphatic heterocycles. The second-order valence-corrected chi connectivity index (χ2v) is 17.2. The molecule has 0 fully saturated rings. The Morgan fingerprint density at radius 2 is 0.852 bits per heavy atom. The molecule has 0 heterocycles. The maximum atomic E-state index is 12.6. The van der Waals surface area contributed by atoms with Gasteiger partial charge >= 0.3 is 19.8 Å². The average molecular weight is 879 g/mol. The van der Waals surface area contributed by atoms with Gasteiger partial charge in [-0.3, -0.25) is 18.6 Å². The highest BCUT2D eigenvalue weighted by molar-refractivity contribution is 7.47. The van der Waals surface area contributed by atoms with E-state index in [1.807, 2.05) is 0 Å². The highest BCUT2D eigenvalue weighted by atomic mass is 31.2. The van der Waals surface area contributed by atoms with Crippen LogP contribution in [0.15, 0.2) is 72.9 Å². The lowest BCUT2D eigenvalue weighted by atomic mass is 10.1. The molecular formula is C50H87O10P. The molecule has 0 radical (unpaired) electrons. The molecule has 0 aromatic rings. The molecule has 0 aliphatic carbocycles. The van der Waals surface area contributed by atoms with Crippen LogP contribution in [0, 0.1) is 0 Å². The van der Waals surface area contributed by atoms with Crippen molar-refractivity contribution in [3.63, 3.8) is 0 Å². The Morgan fingerprint density at radius 1 is 0.492 bits per heavy atom. The van der Waals surface area contributed by atoms with Crippen molar-refractivity contribution in [3.05, 3.63) is 72.9 Å². The van der Waals surface area contributed by atoms with Crippen molar-refractivity contribution in [1.82, 2.24) is 0 Å². The van der Waals surface area contributed by atoms with E-state index in [9.17, 15) is 24.2 Å². The number of allylic oxidation sites excluding steroid dienone is 12. The van der Waals surface area contributed by atoms with Gasteiger partial charge < -0.3 is 24.6 Å². The molecule has 0 spiro atoms. The maximum absolute atomic E-state index is 12.6. The summed E-state index contributed by atoms with van der Waals surface area (Å²) in [5.41, 5.74) is 0. The zero-order chi connectivity index (χ0) is 44.8. The Balaban J connectivity index is 4.32. The number of phosphoric acid groups is 1. The van der Waals surface area contributed by atoms with Gasteiger partial charge in [-0.25, -0.2) is 4.57 Å². The average Bonchev–Trinajstić information content (AvgIpc) is 3.25. The van der Waals surface area contributed by atoms with Crippen molar-refractivity contribution in [2.45, 2.75) is 206 Å². The van der Waals surface area contributed by atoms with Crippen molar-refractivity contribution in [2.75, 3.05) is 26.4 Å². The monoisotopic (exact) mass is 879 g/mol. The van der Waals surface area contributed by atoms with Crippen molar-refractivity contribution < 1.29 is 47.8 Å². The van der Waals surface area contributed by atoms with E-state index in [0.29, 0.717) is 12.8 Å². The fraction of sp³-hybridized carbons (Fsp3) is 0.720. The zero-order valence-electron chi connectivity index (χ0n) is 38.4. The van der Waals surface area contributed by atoms with Crippen LogP contribution in [0.3, 0.4) is 0 Å². The van der Waals surface area contributed by atoms with Crippen LogP contribution < -0.4 is 0 Å². The molecule has 0 bridgehead atoms. The molecule has 0 aromatic heterocycles. The van der Waals surface area contributed by atoms with Crippen LogP contribution in [-0.2, 0) is 32.7 Å². The van der Waals surface area contributed by atoms with E-state index in [2.05, 4.69) is 86.8 Å². The van der Waals surface area contributed by atoms with Gasteiger partial charge in [0.2, 0.25) is 0 Å². The number of unbranched alkanes of at least 4 members (excludes halogenated alkanes) is 18. The summed E-state index contributed by atoms with van der Waals surface area (Å²) in [6, 6.07) is 0. The molecule has 0 aliphatic rings. The van der Waals surface area contributed by atoms with E-state index in [-0.39, 0.29) is 19.4 Å².